The molecule has 2 aliphatic rings. The highest BCUT2D eigenvalue weighted by atomic mass is 16.6. The topological polar surface area (TPSA) is 12.5 Å². The van der Waals surface area contributed by atoms with E-state index in [0.717, 1.165) is 0 Å². The molecule has 0 radical (unpaired) electrons. The van der Waals surface area contributed by atoms with Crippen molar-refractivity contribution in [3.8, 4) is 0 Å². The molecule has 4 aromatic carbocycles. The Morgan fingerprint density at radius 3 is 2.48 bits per heavy atom. The van der Waals surface area contributed by atoms with E-state index in [1.54, 1.807) is 0 Å². The summed E-state index contributed by atoms with van der Waals surface area (Å²) in [5, 5.41) is 7.89. The van der Waals surface area contributed by atoms with Gasteiger partial charge in [-0.05, 0) is 55.6 Å². The number of hydrogen-bond acceptors (Lipinski definition) is 1. The number of epoxide rings is 1. The highest BCUT2D eigenvalue weighted by Crippen LogP contribution is 2.47. The van der Waals surface area contributed by atoms with E-state index >= 15 is 0 Å². The third-order valence-corrected chi connectivity index (χ3v) is 5.24. The van der Waals surface area contributed by atoms with E-state index in [1.807, 2.05) is 0 Å². The molecule has 1 aliphatic heterocycles. The van der Waals surface area contributed by atoms with Gasteiger partial charge < -0.3 is 4.74 Å². The van der Waals surface area contributed by atoms with E-state index in [-0.39, 0.29) is 6.10 Å². The van der Waals surface area contributed by atoms with E-state index in [4.69, 9.17) is 4.74 Å². The Morgan fingerprint density at radius 1 is 0.696 bits per heavy atom. The second-order valence-electron chi connectivity index (χ2n) is 6.53. The van der Waals surface area contributed by atoms with Crippen LogP contribution in [0.5, 0.6) is 0 Å². The normalized spacial score (nSPS) is 21.6. The molecule has 2 atom stereocenters. The summed E-state index contributed by atoms with van der Waals surface area (Å²) in [4.78, 5) is 0. The minimum atomic E-state index is 0.284. The van der Waals surface area contributed by atoms with Crippen molar-refractivity contribution in [2.24, 2.45) is 0 Å². The van der Waals surface area contributed by atoms with Crippen LogP contribution in [-0.4, -0.2) is 6.10 Å². The quantitative estimate of drug-likeness (QED) is 0.233. The van der Waals surface area contributed by atoms with Gasteiger partial charge in [-0.2, -0.15) is 0 Å². The van der Waals surface area contributed by atoms with Crippen LogP contribution in [0.3, 0.4) is 0 Å². The van der Waals surface area contributed by atoms with Crippen LogP contribution in [0, 0.1) is 0 Å². The number of rotatable bonds is 0. The number of benzene rings is 4. The smallest absolute Gasteiger partial charge is 0.114 e. The fraction of sp³-hybridized carbons (Fsp3) is 0.0909. The monoisotopic (exact) mass is 294 g/mol. The van der Waals surface area contributed by atoms with E-state index < -0.39 is 0 Å². The zero-order valence-corrected chi connectivity index (χ0v) is 12.5. The van der Waals surface area contributed by atoms with Crippen molar-refractivity contribution < 1.29 is 4.74 Å². The Balaban J connectivity index is 1.76. The average Bonchev–Trinajstić information content (AvgIpc) is 3.40. The maximum atomic E-state index is 5.71. The lowest BCUT2D eigenvalue weighted by Crippen LogP contribution is -1.96. The van der Waals surface area contributed by atoms with Crippen molar-refractivity contribution in [3.05, 3.63) is 77.9 Å². The SMILES string of the molecule is C1=C[C@H]2O[C@H]2c2ccc3cc4c(ccc5ccccc54)cc3c21. The molecule has 0 bridgehead atoms. The molecule has 0 N–H and O–H groups in total. The van der Waals surface area contributed by atoms with Crippen LogP contribution in [-0.2, 0) is 4.74 Å². The molecule has 23 heavy (non-hydrogen) atoms. The molecule has 6 rings (SSSR count). The molecule has 1 saturated heterocycles. The summed E-state index contributed by atoms with van der Waals surface area (Å²) in [6.45, 7) is 0. The standard InChI is InChI=1S/C22H14O/c1-2-4-16-13(3-1)5-6-14-12-20-15(11-19(14)16)7-8-18-17(20)9-10-21-22(18)23-21/h1-12,21-22H/t21-,22+/m1/s1. The Hall–Kier alpha value is -2.64. The van der Waals surface area contributed by atoms with Crippen molar-refractivity contribution >= 4 is 38.4 Å². The minimum Gasteiger partial charge on any atom is -0.360 e. The van der Waals surface area contributed by atoms with Gasteiger partial charge in [0.1, 0.15) is 12.2 Å². The summed E-state index contributed by atoms with van der Waals surface area (Å²) in [7, 11) is 0. The van der Waals surface area contributed by atoms with E-state index in [1.165, 1.54) is 43.4 Å². The number of hydrogen-bond donors (Lipinski definition) is 0. The van der Waals surface area contributed by atoms with Gasteiger partial charge in [0.05, 0.1) is 0 Å². The first-order valence-electron chi connectivity index (χ1n) is 8.10. The van der Waals surface area contributed by atoms with E-state index in [9.17, 15) is 0 Å². The molecule has 1 heteroatoms. The Labute approximate surface area is 133 Å². The van der Waals surface area contributed by atoms with Crippen molar-refractivity contribution in [1.82, 2.24) is 0 Å². The Kier molecular flexibility index (Phi) is 2.07. The summed E-state index contributed by atoms with van der Waals surface area (Å²) < 4.78 is 5.71. The van der Waals surface area contributed by atoms with Gasteiger partial charge in [0.2, 0.25) is 0 Å². The molecule has 1 heterocycles. The van der Waals surface area contributed by atoms with Crippen LogP contribution in [0.1, 0.15) is 17.2 Å². The summed E-state index contributed by atoms with van der Waals surface area (Å²) >= 11 is 0. The lowest BCUT2D eigenvalue weighted by Gasteiger charge is -2.13. The summed E-state index contributed by atoms with van der Waals surface area (Å²) in [6.07, 6.45) is 5.02. The van der Waals surface area contributed by atoms with Gasteiger partial charge in [0, 0.05) is 0 Å². The minimum absolute atomic E-state index is 0.284. The predicted molar refractivity (Wildman–Crippen MR) is 95.6 cm³/mol. The van der Waals surface area contributed by atoms with Crippen LogP contribution in [0.15, 0.2) is 66.7 Å². The Bertz CT molecular complexity index is 1150. The lowest BCUT2D eigenvalue weighted by atomic mass is 9.90. The third kappa shape index (κ3) is 1.55. The van der Waals surface area contributed by atoms with Crippen LogP contribution in [0.2, 0.25) is 0 Å². The average molecular weight is 294 g/mol. The van der Waals surface area contributed by atoms with Crippen LogP contribution < -0.4 is 0 Å². The highest BCUT2D eigenvalue weighted by molar-refractivity contribution is 6.13. The van der Waals surface area contributed by atoms with Gasteiger partial charge in [-0.15, -0.1) is 0 Å². The summed E-state index contributed by atoms with van der Waals surface area (Å²) in [5.41, 5.74) is 2.67. The molecule has 0 unspecified atom stereocenters. The van der Waals surface area contributed by atoms with Gasteiger partial charge in [-0.1, -0.05) is 60.7 Å². The summed E-state index contributed by atoms with van der Waals surface area (Å²) in [5.74, 6) is 0. The summed E-state index contributed by atoms with van der Waals surface area (Å²) in [6, 6.07) is 22.2. The van der Waals surface area contributed by atoms with Crippen LogP contribution in [0.25, 0.3) is 38.4 Å². The number of fused-ring (bicyclic) bond motifs is 8. The molecule has 0 amide bonds. The van der Waals surface area contributed by atoms with Gasteiger partial charge in [0.15, 0.2) is 0 Å². The molecule has 1 nitrogen and oxygen atoms in total. The highest BCUT2D eigenvalue weighted by Gasteiger charge is 2.41. The Morgan fingerprint density at radius 2 is 1.48 bits per heavy atom. The molecule has 0 aromatic heterocycles. The second-order valence-corrected chi connectivity index (χ2v) is 6.53. The maximum Gasteiger partial charge on any atom is 0.114 e. The molecular weight excluding hydrogens is 280 g/mol. The first-order valence-corrected chi connectivity index (χ1v) is 8.10. The van der Waals surface area contributed by atoms with Gasteiger partial charge in [-0.3, -0.25) is 0 Å². The fourth-order valence-electron chi connectivity index (χ4n) is 4.01. The van der Waals surface area contributed by atoms with Crippen molar-refractivity contribution in [2.45, 2.75) is 12.2 Å². The van der Waals surface area contributed by atoms with Crippen molar-refractivity contribution in [2.75, 3.05) is 0 Å². The van der Waals surface area contributed by atoms with Gasteiger partial charge in [-0.25, -0.2) is 0 Å². The van der Waals surface area contributed by atoms with Crippen LogP contribution in [0.4, 0.5) is 0 Å². The zero-order chi connectivity index (χ0) is 15.0. The first-order chi connectivity index (χ1) is 11.4. The molecule has 1 aliphatic carbocycles. The predicted octanol–water partition coefficient (Wildman–Crippen LogP) is 5.61. The van der Waals surface area contributed by atoms with Crippen molar-refractivity contribution in [1.29, 1.82) is 0 Å². The molecule has 4 aromatic rings. The maximum absolute atomic E-state index is 5.71. The van der Waals surface area contributed by atoms with Gasteiger partial charge in [0.25, 0.3) is 0 Å². The van der Waals surface area contributed by atoms with E-state index in [0.29, 0.717) is 6.10 Å². The molecule has 0 saturated carbocycles. The fourth-order valence-corrected chi connectivity index (χ4v) is 4.01. The largest absolute Gasteiger partial charge is 0.360 e. The number of ether oxygens (including phenoxy) is 1. The van der Waals surface area contributed by atoms with Crippen molar-refractivity contribution in [3.63, 3.8) is 0 Å². The van der Waals surface area contributed by atoms with E-state index in [2.05, 4.69) is 72.8 Å². The third-order valence-electron chi connectivity index (χ3n) is 5.24. The molecule has 1 fully saturated rings. The van der Waals surface area contributed by atoms with Gasteiger partial charge >= 0.3 is 0 Å². The molecule has 108 valence electrons. The lowest BCUT2D eigenvalue weighted by molar-refractivity contribution is 0.395. The molecular formula is C22H14O. The zero-order valence-electron chi connectivity index (χ0n) is 12.5. The van der Waals surface area contributed by atoms with Crippen LogP contribution >= 0.6 is 0 Å². The first kappa shape index (κ1) is 11.9. The molecule has 0 spiro atoms. The second kappa shape index (κ2) is 4.01.